The maximum absolute atomic E-state index is 5.52. The fraction of sp³-hybridized carbons (Fsp3) is 0.500. The molecule has 1 heteroatoms. The standard InChI is InChI=1S/C16H21N/c1-3-7-15(4-2)17-12-14-8-5-6-9-16(14)13-10-11-13/h2,5-6,8-9,13,15,17H,3,7,10-12H2,1H3. The van der Waals surface area contributed by atoms with Gasteiger partial charge in [-0.15, -0.1) is 6.42 Å². The van der Waals surface area contributed by atoms with E-state index in [-0.39, 0.29) is 6.04 Å². The molecular formula is C16H21N. The van der Waals surface area contributed by atoms with Crippen LogP contribution in [0.3, 0.4) is 0 Å². The lowest BCUT2D eigenvalue weighted by Gasteiger charge is -2.14. The van der Waals surface area contributed by atoms with Crippen molar-refractivity contribution in [3.8, 4) is 12.3 Å². The van der Waals surface area contributed by atoms with Gasteiger partial charge >= 0.3 is 0 Å². The van der Waals surface area contributed by atoms with Crippen molar-refractivity contribution in [3.63, 3.8) is 0 Å². The van der Waals surface area contributed by atoms with Crippen molar-refractivity contribution in [2.75, 3.05) is 0 Å². The summed E-state index contributed by atoms with van der Waals surface area (Å²) in [6, 6.07) is 8.96. The molecule has 1 unspecified atom stereocenters. The van der Waals surface area contributed by atoms with Crippen molar-refractivity contribution in [2.45, 2.75) is 51.1 Å². The van der Waals surface area contributed by atoms with Crippen molar-refractivity contribution >= 4 is 0 Å². The van der Waals surface area contributed by atoms with Crippen molar-refractivity contribution < 1.29 is 0 Å². The third kappa shape index (κ3) is 3.35. The van der Waals surface area contributed by atoms with E-state index in [1.54, 1.807) is 0 Å². The van der Waals surface area contributed by atoms with Crippen molar-refractivity contribution in [1.82, 2.24) is 5.32 Å². The summed E-state index contributed by atoms with van der Waals surface area (Å²) in [4.78, 5) is 0. The lowest BCUT2D eigenvalue weighted by Crippen LogP contribution is -2.27. The molecule has 1 aliphatic rings. The number of nitrogens with one attached hydrogen (secondary N) is 1. The minimum atomic E-state index is 0.215. The maximum atomic E-state index is 5.52. The number of rotatable bonds is 6. The summed E-state index contributed by atoms with van der Waals surface area (Å²) >= 11 is 0. The second-order valence-corrected chi connectivity index (χ2v) is 4.86. The van der Waals surface area contributed by atoms with Gasteiger partial charge in [0.1, 0.15) is 0 Å². The molecule has 1 aromatic rings. The SMILES string of the molecule is C#CC(CCC)NCc1ccccc1C1CC1. The monoisotopic (exact) mass is 227 g/mol. The first-order valence-corrected chi connectivity index (χ1v) is 6.62. The highest BCUT2D eigenvalue weighted by Gasteiger charge is 2.25. The number of hydrogen-bond donors (Lipinski definition) is 1. The largest absolute Gasteiger partial charge is 0.300 e. The van der Waals surface area contributed by atoms with Crippen LogP contribution >= 0.6 is 0 Å². The molecule has 0 spiro atoms. The fourth-order valence-corrected chi connectivity index (χ4v) is 2.25. The van der Waals surface area contributed by atoms with E-state index in [0.717, 1.165) is 25.3 Å². The highest BCUT2D eigenvalue weighted by molar-refractivity contribution is 5.33. The molecule has 0 aromatic heterocycles. The topological polar surface area (TPSA) is 12.0 Å². The smallest absolute Gasteiger partial charge is 0.0689 e. The van der Waals surface area contributed by atoms with Gasteiger partial charge in [0.15, 0.2) is 0 Å². The zero-order valence-electron chi connectivity index (χ0n) is 10.6. The Hall–Kier alpha value is -1.26. The molecule has 1 aliphatic carbocycles. The summed E-state index contributed by atoms with van der Waals surface area (Å²) in [5.41, 5.74) is 2.94. The predicted molar refractivity (Wildman–Crippen MR) is 72.8 cm³/mol. The normalized spacial score (nSPS) is 16.5. The van der Waals surface area contributed by atoms with Gasteiger partial charge in [-0.25, -0.2) is 0 Å². The van der Waals surface area contributed by atoms with E-state index in [4.69, 9.17) is 6.42 Å². The number of benzene rings is 1. The Kier molecular flexibility index (Phi) is 4.23. The van der Waals surface area contributed by atoms with Crippen LogP contribution in [0.25, 0.3) is 0 Å². The van der Waals surface area contributed by atoms with E-state index in [1.165, 1.54) is 24.0 Å². The van der Waals surface area contributed by atoms with Gasteiger partial charge in [-0.05, 0) is 36.3 Å². The number of terminal acetylenes is 1. The van der Waals surface area contributed by atoms with E-state index < -0.39 is 0 Å². The second kappa shape index (κ2) is 5.89. The molecule has 1 N–H and O–H groups in total. The molecular weight excluding hydrogens is 206 g/mol. The molecule has 1 nitrogen and oxygen atoms in total. The van der Waals surface area contributed by atoms with Crippen LogP contribution in [0.2, 0.25) is 0 Å². The van der Waals surface area contributed by atoms with Crippen LogP contribution in [-0.4, -0.2) is 6.04 Å². The van der Waals surface area contributed by atoms with Gasteiger partial charge in [-0.3, -0.25) is 5.32 Å². The molecule has 90 valence electrons. The summed E-state index contributed by atoms with van der Waals surface area (Å²) in [5.74, 6) is 3.64. The highest BCUT2D eigenvalue weighted by atomic mass is 14.9. The molecule has 2 rings (SSSR count). The third-order valence-electron chi connectivity index (χ3n) is 3.39. The quantitative estimate of drug-likeness (QED) is 0.734. The van der Waals surface area contributed by atoms with Crippen LogP contribution < -0.4 is 5.32 Å². The lowest BCUT2D eigenvalue weighted by atomic mass is 10.0. The first kappa shape index (κ1) is 12.2. The Morgan fingerprint density at radius 1 is 1.41 bits per heavy atom. The average molecular weight is 227 g/mol. The molecule has 0 amide bonds. The van der Waals surface area contributed by atoms with Gasteiger partial charge in [0, 0.05) is 6.54 Å². The van der Waals surface area contributed by atoms with Gasteiger partial charge in [0.2, 0.25) is 0 Å². The van der Waals surface area contributed by atoms with E-state index in [1.807, 2.05) is 0 Å². The Bertz CT molecular complexity index is 398. The zero-order valence-corrected chi connectivity index (χ0v) is 10.6. The van der Waals surface area contributed by atoms with E-state index in [2.05, 4.69) is 42.4 Å². The fourth-order valence-electron chi connectivity index (χ4n) is 2.25. The lowest BCUT2D eigenvalue weighted by molar-refractivity contribution is 0.561. The van der Waals surface area contributed by atoms with E-state index in [0.29, 0.717) is 0 Å². The maximum Gasteiger partial charge on any atom is 0.0689 e. The Morgan fingerprint density at radius 2 is 2.18 bits per heavy atom. The van der Waals surface area contributed by atoms with Crippen molar-refractivity contribution in [1.29, 1.82) is 0 Å². The minimum absolute atomic E-state index is 0.215. The van der Waals surface area contributed by atoms with Crippen LogP contribution in [0, 0.1) is 12.3 Å². The highest BCUT2D eigenvalue weighted by Crippen LogP contribution is 2.41. The molecule has 1 fully saturated rings. The Labute approximate surface area is 105 Å². The summed E-state index contributed by atoms with van der Waals surface area (Å²) in [6.45, 7) is 3.08. The summed E-state index contributed by atoms with van der Waals surface area (Å²) in [5, 5.41) is 3.47. The summed E-state index contributed by atoms with van der Waals surface area (Å²) in [7, 11) is 0. The zero-order chi connectivity index (χ0) is 12.1. The Morgan fingerprint density at radius 3 is 2.82 bits per heavy atom. The predicted octanol–water partition coefficient (Wildman–Crippen LogP) is 3.46. The molecule has 1 saturated carbocycles. The number of hydrogen-bond acceptors (Lipinski definition) is 1. The summed E-state index contributed by atoms with van der Waals surface area (Å²) < 4.78 is 0. The molecule has 1 aromatic carbocycles. The van der Waals surface area contributed by atoms with Gasteiger partial charge in [-0.1, -0.05) is 43.5 Å². The summed E-state index contributed by atoms with van der Waals surface area (Å²) in [6.07, 6.45) is 10.4. The molecule has 0 heterocycles. The van der Waals surface area contributed by atoms with Crippen LogP contribution in [0.4, 0.5) is 0 Å². The minimum Gasteiger partial charge on any atom is -0.300 e. The van der Waals surface area contributed by atoms with Crippen molar-refractivity contribution in [2.24, 2.45) is 0 Å². The van der Waals surface area contributed by atoms with Gasteiger partial charge < -0.3 is 0 Å². The molecule has 0 bridgehead atoms. The van der Waals surface area contributed by atoms with Crippen LogP contribution in [0.15, 0.2) is 24.3 Å². The second-order valence-electron chi connectivity index (χ2n) is 4.86. The molecule has 0 saturated heterocycles. The molecule has 17 heavy (non-hydrogen) atoms. The molecule has 1 atom stereocenters. The Balaban J connectivity index is 1.96. The van der Waals surface area contributed by atoms with Crippen LogP contribution in [0.5, 0.6) is 0 Å². The van der Waals surface area contributed by atoms with E-state index >= 15 is 0 Å². The molecule has 0 aliphatic heterocycles. The average Bonchev–Trinajstić information content (AvgIpc) is 3.19. The van der Waals surface area contributed by atoms with Gasteiger partial charge in [0.05, 0.1) is 6.04 Å². The van der Waals surface area contributed by atoms with Gasteiger partial charge in [0.25, 0.3) is 0 Å². The molecule has 0 radical (unpaired) electrons. The van der Waals surface area contributed by atoms with Crippen LogP contribution in [-0.2, 0) is 6.54 Å². The van der Waals surface area contributed by atoms with Gasteiger partial charge in [-0.2, -0.15) is 0 Å². The van der Waals surface area contributed by atoms with E-state index in [9.17, 15) is 0 Å². The van der Waals surface area contributed by atoms with Crippen LogP contribution in [0.1, 0.15) is 49.7 Å². The third-order valence-corrected chi connectivity index (χ3v) is 3.39. The first-order valence-electron chi connectivity index (χ1n) is 6.62. The first-order chi connectivity index (χ1) is 8.35. The van der Waals surface area contributed by atoms with Crippen molar-refractivity contribution in [3.05, 3.63) is 35.4 Å².